The fourth-order valence-corrected chi connectivity index (χ4v) is 2.33. The Labute approximate surface area is 93.6 Å². The summed E-state index contributed by atoms with van der Waals surface area (Å²) in [5.41, 5.74) is 0.882. The predicted octanol–water partition coefficient (Wildman–Crippen LogP) is 3.13. The molecule has 2 nitrogen and oxygen atoms in total. The Kier molecular flexibility index (Phi) is 2.49. The highest BCUT2D eigenvalue weighted by Crippen LogP contribution is 2.36. The van der Waals surface area contributed by atoms with Crippen LogP contribution in [0.1, 0.15) is 12.0 Å². The summed E-state index contributed by atoms with van der Waals surface area (Å²) < 4.78 is 13.9. The van der Waals surface area contributed by atoms with Gasteiger partial charge in [-0.25, -0.2) is 4.39 Å². The largest absolute Gasteiger partial charge is 0.324 e. The van der Waals surface area contributed by atoms with Crippen molar-refractivity contribution < 1.29 is 9.18 Å². The molecule has 0 fully saturated rings. The maximum atomic E-state index is 13.5. The van der Waals surface area contributed by atoms with Gasteiger partial charge in [0.05, 0.1) is 15.2 Å². The summed E-state index contributed by atoms with van der Waals surface area (Å²) in [6, 6.07) is 1.45. The molecule has 1 amide bonds. The molecule has 0 saturated carbocycles. The van der Waals surface area contributed by atoms with E-state index in [9.17, 15) is 9.18 Å². The molecule has 1 aliphatic rings. The van der Waals surface area contributed by atoms with Gasteiger partial charge in [-0.15, -0.1) is 0 Å². The number of halogens is 3. The zero-order chi connectivity index (χ0) is 10.3. The molecule has 0 saturated heterocycles. The lowest BCUT2D eigenvalue weighted by atomic mass is 10.0. The Morgan fingerprint density at radius 2 is 2.21 bits per heavy atom. The van der Waals surface area contributed by atoms with Crippen molar-refractivity contribution >= 4 is 39.1 Å². The zero-order valence-corrected chi connectivity index (χ0v) is 9.38. The molecule has 74 valence electrons. The third-order valence-electron chi connectivity index (χ3n) is 2.14. The molecule has 1 N–H and O–H groups in total. The molecular formula is C9H6BrClFNO. The highest BCUT2D eigenvalue weighted by atomic mass is 79.9. The molecule has 0 aliphatic carbocycles. The molecule has 1 aliphatic heterocycles. The van der Waals surface area contributed by atoms with Crippen molar-refractivity contribution in [3.63, 3.8) is 0 Å². The van der Waals surface area contributed by atoms with Gasteiger partial charge in [0.2, 0.25) is 5.91 Å². The number of nitrogens with one attached hydrogen (secondary N) is 1. The summed E-state index contributed by atoms with van der Waals surface area (Å²) >= 11 is 8.94. The van der Waals surface area contributed by atoms with Crippen LogP contribution in [0.3, 0.4) is 0 Å². The average molecular weight is 279 g/mol. The molecule has 0 unspecified atom stereocenters. The molecule has 2 rings (SSSR count). The van der Waals surface area contributed by atoms with E-state index >= 15 is 0 Å². The topological polar surface area (TPSA) is 29.1 Å². The Balaban J connectivity index is 2.62. The average Bonchev–Trinajstić information content (AvgIpc) is 2.14. The molecule has 5 heteroatoms. The Morgan fingerprint density at radius 3 is 2.93 bits per heavy atom. The number of carbonyl (C=O) groups is 1. The number of anilines is 1. The van der Waals surface area contributed by atoms with E-state index in [0.717, 1.165) is 0 Å². The van der Waals surface area contributed by atoms with Crippen LogP contribution in [0.4, 0.5) is 10.1 Å². The van der Waals surface area contributed by atoms with Crippen LogP contribution in [0, 0.1) is 5.82 Å². The van der Waals surface area contributed by atoms with Gasteiger partial charge in [-0.1, -0.05) is 11.6 Å². The van der Waals surface area contributed by atoms with Crippen molar-refractivity contribution in [3.05, 3.63) is 26.9 Å². The van der Waals surface area contributed by atoms with Crippen LogP contribution in [0.25, 0.3) is 0 Å². The number of fused-ring (bicyclic) bond motifs is 1. The van der Waals surface area contributed by atoms with Gasteiger partial charge in [-0.2, -0.15) is 0 Å². The van der Waals surface area contributed by atoms with Crippen LogP contribution in [-0.4, -0.2) is 5.91 Å². The monoisotopic (exact) mass is 277 g/mol. The Hall–Kier alpha value is -0.610. The van der Waals surface area contributed by atoms with Crippen LogP contribution in [0.15, 0.2) is 10.5 Å². The van der Waals surface area contributed by atoms with Crippen LogP contribution in [-0.2, 0) is 11.2 Å². The SMILES string of the molecule is O=C1CCc2c(F)c(Br)cc(Cl)c2N1. The Morgan fingerprint density at radius 1 is 1.50 bits per heavy atom. The van der Waals surface area contributed by atoms with Crippen molar-refractivity contribution in [2.24, 2.45) is 0 Å². The smallest absolute Gasteiger partial charge is 0.224 e. The van der Waals surface area contributed by atoms with Gasteiger partial charge in [0.25, 0.3) is 0 Å². The minimum absolute atomic E-state index is 0.124. The van der Waals surface area contributed by atoms with Crippen LogP contribution in [0.5, 0.6) is 0 Å². The molecule has 0 bridgehead atoms. The van der Waals surface area contributed by atoms with E-state index < -0.39 is 0 Å². The third kappa shape index (κ3) is 1.53. The molecule has 1 aromatic rings. The number of carbonyl (C=O) groups excluding carboxylic acids is 1. The number of amides is 1. The van der Waals surface area contributed by atoms with E-state index in [1.165, 1.54) is 6.07 Å². The van der Waals surface area contributed by atoms with E-state index in [1.807, 2.05) is 0 Å². The maximum Gasteiger partial charge on any atom is 0.224 e. The summed E-state index contributed by atoms with van der Waals surface area (Å²) in [6.07, 6.45) is 0.697. The lowest BCUT2D eigenvalue weighted by Crippen LogP contribution is -2.20. The maximum absolute atomic E-state index is 13.5. The highest BCUT2D eigenvalue weighted by Gasteiger charge is 2.22. The van der Waals surface area contributed by atoms with Gasteiger partial charge in [0, 0.05) is 12.0 Å². The first-order valence-corrected chi connectivity index (χ1v) is 5.23. The standard InChI is InChI=1S/C9H6BrClFNO/c10-5-3-6(11)9-4(8(5)12)1-2-7(14)13-9/h3H,1-2H2,(H,13,14). The van der Waals surface area contributed by atoms with Gasteiger partial charge >= 0.3 is 0 Å². The van der Waals surface area contributed by atoms with Gasteiger partial charge in [-0.3, -0.25) is 4.79 Å². The van der Waals surface area contributed by atoms with Gasteiger partial charge < -0.3 is 5.32 Å². The number of rotatable bonds is 0. The molecule has 0 radical (unpaired) electrons. The summed E-state index contributed by atoms with van der Waals surface area (Å²) in [5, 5.41) is 2.93. The lowest BCUT2D eigenvalue weighted by molar-refractivity contribution is -0.116. The molecule has 1 aromatic carbocycles. The summed E-state index contributed by atoms with van der Waals surface area (Å²) in [5.74, 6) is -0.467. The number of hydrogen-bond donors (Lipinski definition) is 1. The van der Waals surface area contributed by atoms with Crippen LogP contribution in [0.2, 0.25) is 5.02 Å². The second-order valence-corrected chi connectivity index (χ2v) is 4.32. The van der Waals surface area contributed by atoms with Gasteiger partial charge in [0.1, 0.15) is 5.82 Å². The normalized spacial score (nSPS) is 14.9. The lowest BCUT2D eigenvalue weighted by Gasteiger charge is -2.19. The van der Waals surface area contributed by atoms with E-state index in [-0.39, 0.29) is 11.7 Å². The molecule has 0 atom stereocenters. The van der Waals surface area contributed by atoms with E-state index in [2.05, 4.69) is 21.2 Å². The van der Waals surface area contributed by atoms with Crippen molar-refractivity contribution in [3.8, 4) is 0 Å². The first-order valence-electron chi connectivity index (χ1n) is 4.06. The second-order valence-electron chi connectivity index (χ2n) is 3.06. The van der Waals surface area contributed by atoms with Crippen molar-refractivity contribution in [2.75, 3.05) is 5.32 Å². The first kappa shape index (κ1) is 9.93. The van der Waals surface area contributed by atoms with E-state index in [1.54, 1.807) is 0 Å². The Bertz CT molecular complexity index is 422. The van der Waals surface area contributed by atoms with Crippen molar-refractivity contribution in [1.29, 1.82) is 0 Å². The minimum Gasteiger partial charge on any atom is -0.324 e. The number of hydrogen-bond acceptors (Lipinski definition) is 1. The van der Waals surface area contributed by atoms with Crippen LogP contribution >= 0.6 is 27.5 Å². The van der Waals surface area contributed by atoms with E-state index in [0.29, 0.717) is 33.6 Å². The fraction of sp³-hybridized carbons (Fsp3) is 0.222. The molecular weight excluding hydrogens is 272 g/mol. The third-order valence-corrected chi connectivity index (χ3v) is 3.01. The summed E-state index contributed by atoms with van der Waals surface area (Å²) in [6.45, 7) is 0. The van der Waals surface area contributed by atoms with Gasteiger partial charge in [0.15, 0.2) is 0 Å². The molecule has 0 spiro atoms. The molecule has 0 aromatic heterocycles. The van der Waals surface area contributed by atoms with E-state index in [4.69, 9.17) is 11.6 Å². The molecule has 1 heterocycles. The summed E-state index contributed by atoms with van der Waals surface area (Å²) in [4.78, 5) is 11.1. The van der Waals surface area contributed by atoms with Gasteiger partial charge in [-0.05, 0) is 28.4 Å². The van der Waals surface area contributed by atoms with Crippen molar-refractivity contribution in [2.45, 2.75) is 12.8 Å². The quantitative estimate of drug-likeness (QED) is 0.726. The van der Waals surface area contributed by atoms with Crippen LogP contribution < -0.4 is 5.32 Å². The second kappa shape index (κ2) is 3.51. The first-order chi connectivity index (χ1) is 6.59. The van der Waals surface area contributed by atoms with Crippen molar-refractivity contribution in [1.82, 2.24) is 0 Å². The molecule has 14 heavy (non-hydrogen) atoms. The summed E-state index contributed by atoms with van der Waals surface area (Å²) in [7, 11) is 0. The predicted molar refractivity (Wildman–Crippen MR) is 56.1 cm³/mol. The number of benzene rings is 1. The fourth-order valence-electron chi connectivity index (χ4n) is 1.46. The zero-order valence-electron chi connectivity index (χ0n) is 7.03. The highest BCUT2D eigenvalue weighted by molar-refractivity contribution is 9.10. The minimum atomic E-state index is -0.343.